The van der Waals surface area contributed by atoms with E-state index in [-0.39, 0.29) is 5.75 Å². The minimum Gasteiger partial charge on any atom is -0.505 e. The third kappa shape index (κ3) is 9.24. The number of rotatable bonds is 13. The van der Waals surface area contributed by atoms with Crippen molar-refractivity contribution in [2.45, 2.75) is 130 Å². The lowest BCUT2D eigenvalue weighted by Gasteiger charge is -2.33. The van der Waals surface area contributed by atoms with Crippen LogP contribution in [0.5, 0.6) is 5.75 Å². The molecule has 0 bridgehead atoms. The normalized spacial score (nSPS) is 14.2. The van der Waals surface area contributed by atoms with Gasteiger partial charge >= 0.3 is 0 Å². The number of aromatic hydroxyl groups is 1. The number of nitrogens with zero attached hydrogens (tertiary/aromatic N) is 2. The SMILES string of the molecule is Cc1ccc(C)c(N(c2cccc(-c3cccc(-c4ccccc4C(C)C)c3)c2O)c2cc(C3CCCC3)c3ccc4c(N(c5cc(C)ccc5C)c5cccc6c5oc5c(-c7ccccc7C(C)C)cccc56)cc(C5CCCC5)c5ccc2c3c54)c1. The van der Waals surface area contributed by atoms with Crippen molar-refractivity contribution < 1.29 is 9.52 Å². The van der Waals surface area contributed by atoms with Crippen LogP contribution in [0.15, 0.2) is 205 Å². The van der Waals surface area contributed by atoms with Crippen LogP contribution in [0.1, 0.15) is 147 Å². The second-order valence-electron chi connectivity index (χ2n) is 26.4. The Bertz CT molecular complexity index is 4850. The molecule has 2 fully saturated rings. The lowest BCUT2D eigenvalue weighted by molar-refractivity contribution is 0.478. The van der Waals surface area contributed by atoms with Crippen LogP contribution in [0.3, 0.4) is 0 Å². The first-order valence-electron chi connectivity index (χ1n) is 32.5. The number of phenolic OH excluding ortho intramolecular Hbond substituents is 1. The number of benzene rings is 12. The molecule has 0 spiro atoms. The van der Waals surface area contributed by atoms with E-state index in [1.165, 1.54) is 114 Å². The number of aryl methyl sites for hydroxylation is 4. The minimum absolute atomic E-state index is 0.261. The Morgan fingerprint density at radius 3 is 1.39 bits per heavy atom. The van der Waals surface area contributed by atoms with Crippen LogP contribution in [0.4, 0.5) is 34.1 Å². The maximum Gasteiger partial charge on any atom is 0.159 e. The van der Waals surface area contributed by atoms with Gasteiger partial charge in [-0.1, -0.05) is 211 Å². The summed E-state index contributed by atoms with van der Waals surface area (Å²) in [7, 11) is 0. The van der Waals surface area contributed by atoms with Crippen molar-refractivity contribution in [1.29, 1.82) is 0 Å². The lowest BCUT2D eigenvalue weighted by Crippen LogP contribution is -2.15. The average Bonchev–Trinajstić information content (AvgIpc) is 0.896. The van der Waals surface area contributed by atoms with Gasteiger partial charge in [0, 0.05) is 44.0 Å². The van der Waals surface area contributed by atoms with Gasteiger partial charge < -0.3 is 19.3 Å². The van der Waals surface area contributed by atoms with Crippen LogP contribution in [0, 0.1) is 27.7 Å². The maximum absolute atomic E-state index is 13.3. The summed E-state index contributed by atoms with van der Waals surface area (Å²) < 4.78 is 7.49. The largest absolute Gasteiger partial charge is 0.505 e. The van der Waals surface area contributed by atoms with Crippen molar-refractivity contribution >= 4 is 88.4 Å². The molecule has 0 aliphatic heterocycles. The third-order valence-electron chi connectivity index (χ3n) is 20.1. The summed E-state index contributed by atoms with van der Waals surface area (Å²) in [5.41, 5.74) is 24.7. The first kappa shape index (κ1) is 55.5. The van der Waals surface area contributed by atoms with Gasteiger partial charge in [0.15, 0.2) is 5.58 Å². The van der Waals surface area contributed by atoms with Crippen molar-refractivity contribution in [2.24, 2.45) is 0 Å². The molecule has 1 aromatic heterocycles. The third-order valence-corrected chi connectivity index (χ3v) is 20.1. The quantitative estimate of drug-likeness (QED) is 0.117. The van der Waals surface area contributed by atoms with E-state index in [0.29, 0.717) is 23.7 Å². The van der Waals surface area contributed by atoms with Gasteiger partial charge in [0.05, 0.1) is 22.7 Å². The molecule has 1 N–H and O–H groups in total. The van der Waals surface area contributed by atoms with E-state index >= 15 is 0 Å². The van der Waals surface area contributed by atoms with Crippen molar-refractivity contribution in [1.82, 2.24) is 0 Å². The fourth-order valence-corrected chi connectivity index (χ4v) is 15.7. The predicted octanol–water partition coefficient (Wildman–Crippen LogP) is 24.9. The molecular weight excluding hydrogens is 1070 g/mol. The van der Waals surface area contributed by atoms with Gasteiger partial charge in [0.25, 0.3) is 0 Å². The van der Waals surface area contributed by atoms with Crippen LogP contribution in [-0.4, -0.2) is 5.11 Å². The van der Waals surface area contributed by atoms with Gasteiger partial charge in [-0.25, -0.2) is 0 Å². The van der Waals surface area contributed by atoms with Gasteiger partial charge in [0.2, 0.25) is 0 Å². The maximum atomic E-state index is 13.3. The van der Waals surface area contributed by atoms with E-state index in [2.05, 4.69) is 265 Å². The molecule has 0 radical (unpaired) electrons. The summed E-state index contributed by atoms with van der Waals surface area (Å²) in [5.74, 6) is 1.77. The zero-order valence-electron chi connectivity index (χ0n) is 52.3. The molecule has 15 rings (SSSR count). The van der Waals surface area contributed by atoms with Crippen LogP contribution in [0.25, 0.3) is 87.6 Å². The number of phenols is 1. The van der Waals surface area contributed by atoms with Gasteiger partial charge in [-0.05, 0) is 208 Å². The van der Waals surface area contributed by atoms with Crippen molar-refractivity contribution in [3.8, 4) is 39.1 Å². The molecule has 0 unspecified atom stereocenters. The number of hydrogen-bond donors (Lipinski definition) is 1. The Balaban J connectivity index is 1.02. The molecule has 0 amide bonds. The summed E-state index contributed by atoms with van der Waals surface area (Å²) in [4.78, 5) is 4.99. The first-order chi connectivity index (χ1) is 42.9. The summed E-state index contributed by atoms with van der Waals surface area (Å²) in [5, 5.41) is 23.2. The molecule has 0 atom stereocenters. The Kier molecular flexibility index (Phi) is 14.0. The van der Waals surface area contributed by atoms with Crippen molar-refractivity contribution in [3.63, 3.8) is 0 Å². The number of fused-ring (bicyclic) bond motifs is 3. The number of furan rings is 1. The zero-order valence-corrected chi connectivity index (χ0v) is 52.3. The molecule has 13 aromatic rings. The molecule has 88 heavy (non-hydrogen) atoms. The molecule has 0 saturated heterocycles. The van der Waals surface area contributed by atoms with E-state index in [9.17, 15) is 5.11 Å². The summed E-state index contributed by atoms with van der Waals surface area (Å²) in [6.45, 7) is 18.0. The van der Waals surface area contributed by atoms with Crippen LogP contribution >= 0.6 is 0 Å². The Hall–Kier alpha value is -9.12. The van der Waals surface area contributed by atoms with Gasteiger partial charge in [-0.15, -0.1) is 0 Å². The van der Waals surface area contributed by atoms with Gasteiger partial charge in [-0.3, -0.25) is 0 Å². The highest BCUT2D eigenvalue weighted by Crippen LogP contribution is 2.56. The topological polar surface area (TPSA) is 39.9 Å². The molecule has 4 nitrogen and oxygen atoms in total. The monoisotopic (exact) mass is 1150 g/mol. The molecule has 4 heteroatoms. The molecular formula is C84H78N2O2. The first-order valence-corrected chi connectivity index (χ1v) is 32.5. The molecule has 2 aliphatic carbocycles. The van der Waals surface area contributed by atoms with Crippen molar-refractivity contribution in [2.75, 3.05) is 9.80 Å². The minimum atomic E-state index is 0.261. The second kappa shape index (κ2) is 22.2. The van der Waals surface area contributed by atoms with Crippen LogP contribution in [-0.2, 0) is 0 Å². The molecule has 2 saturated carbocycles. The number of anilines is 6. The number of para-hydroxylation sites is 3. The summed E-state index contributed by atoms with van der Waals surface area (Å²) in [6, 6.07) is 74.9. The summed E-state index contributed by atoms with van der Waals surface area (Å²) >= 11 is 0. The standard InChI is InChI=1S/C84H78N2O2/c1-50(2)60-27-13-15-29-62(60)58-25-17-26-59(47-58)63-31-19-35-74(82(63)87)85(76-45-52(5)37-39-54(76)7)78-48-72(56-21-9-10-22-56)65-42-44-71-79(49-73(57-23-11-12-24-57)66-41-43-70(78)80(65)81(66)71)86(77-46-53(6)38-40-55(77)8)75-36-20-34-69-68-33-18-32-67(83(68)88-84(69)75)64-30-16-14-28-61(64)51(3)4/h13-20,25-51,56-57,87H,9-12,21-24H2,1-8H3. The fraction of sp³-hybridized carbons (Fsp3) is 0.238. The molecule has 12 aromatic carbocycles. The van der Waals surface area contributed by atoms with E-state index in [1.807, 2.05) is 0 Å². The molecule has 1 heterocycles. The summed E-state index contributed by atoms with van der Waals surface area (Å²) in [6.07, 6.45) is 9.50. The second-order valence-corrected chi connectivity index (χ2v) is 26.4. The van der Waals surface area contributed by atoms with E-state index < -0.39 is 0 Å². The fourth-order valence-electron chi connectivity index (χ4n) is 15.7. The average molecular weight is 1150 g/mol. The zero-order chi connectivity index (χ0) is 60.1. The highest BCUT2D eigenvalue weighted by molar-refractivity contribution is 6.30. The highest BCUT2D eigenvalue weighted by atomic mass is 16.3. The Labute approximate surface area is 519 Å². The predicted molar refractivity (Wildman–Crippen MR) is 374 cm³/mol. The Morgan fingerprint density at radius 1 is 0.364 bits per heavy atom. The van der Waals surface area contributed by atoms with Gasteiger partial charge in [-0.2, -0.15) is 0 Å². The lowest BCUT2D eigenvalue weighted by atomic mass is 9.82. The molecule has 436 valence electrons. The smallest absolute Gasteiger partial charge is 0.159 e. The van der Waals surface area contributed by atoms with E-state index in [4.69, 9.17) is 4.42 Å². The van der Waals surface area contributed by atoms with Crippen LogP contribution in [0.2, 0.25) is 0 Å². The van der Waals surface area contributed by atoms with Crippen molar-refractivity contribution in [3.05, 3.63) is 245 Å². The molecule has 2 aliphatic rings. The van der Waals surface area contributed by atoms with E-state index in [1.54, 1.807) is 0 Å². The van der Waals surface area contributed by atoms with Crippen LogP contribution < -0.4 is 9.80 Å². The van der Waals surface area contributed by atoms with Gasteiger partial charge in [0.1, 0.15) is 11.3 Å². The number of hydrogen-bond acceptors (Lipinski definition) is 4. The van der Waals surface area contributed by atoms with E-state index in [0.717, 1.165) is 104 Å². The Morgan fingerprint density at radius 2 is 0.807 bits per heavy atom. The highest BCUT2D eigenvalue weighted by Gasteiger charge is 2.33.